The first-order valence-electron chi connectivity index (χ1n) is 6.23. The van der Waals surface area contributed by atoms with Gasteiger partial charge in [-0.3, -0.25) is 0 Å². The van der Waals surface area contributed by atoms with E-state index in [0.717, 1.165) is 35.4 Å². The van der Waals surface area contributed by atoms with Gasteiger partial charge in [0, 0.05) is 33.0 Å². The predicted molar refractivity (Wildman–Crippen MR) is 84.9 cm³/mol. The molecule has 0 saturated carbocycles. The second-order valence-electron chi connectivity index (χ2n) is 4.24. The van der Waals surface area contributed by atoms with Crippen molar-refractivity contribution < 1.29 is 0 Å². The minimum atomic E-state index is 0.683. The Morgan fingerprint density at radius 2 is 2.21 bits per heavy atom. The highest BCUT2D eigenvalue weighted by molar-refractivity contribution is 9.10. The fourth-order valence-corrected chi connectivity index (χ4v) is 2.95. The highest BCUT2D eigenvalue weighted by atomic mass is 79.9. The van der Waals surface area contributed by atoms with Crippen LogP contribution in [-0.2, 0) is 6.54 Å². The van der Waals surface area contributed by atoms with Crippen LogP contribution in [0.4, 0.5) is 11.8 Å². The lowest BCUT2D eigenvalue weighted by molar-refractivity contribution is 0.947. The Balaban J connectivity index is 2.02. The quantitative estimate of drug-likeness (QED) is 0.832. The number of nitrogens with zero attached hydrogens (tertiary/aromatic N) is 2. The second kappa shape index (κ2) is 6.86. The Bertz CT molecular complexity index is 541. The number of thiophene rings is 1. The molecule has 0 aliphatic carbocycles. The third-order valence-electron chi connectivity index (χ3n) is 2.56. The molecule has 0 radical (unpaired) electrons. The Morgan fingerprint density at radius 1 is 1.37 bits per heavy atom. The van der Waals surface area contributed by atoms with Gasteiger partial charge in [-0.15, -0.1) is 11.3 Å². The molecule has 2 aromatic heterocycles. The molecule has 2 rings (SSSR count). The van der Waals surface area contributed by atoms with Crippen LogP contribution in [0.15, 0.2) is 22.1 Å². The van der Waals surface area contributed by atoms with Gasteiger partial charge in [0.05, 0.1) is 6.54 Å². The molecule has 102 valence electrons. The first-order valence-corrected chi connectivity index (χ1v) is 7.90. The van der Waals surface area contributed by atoms with Crippen LogP contribution in [0.25, 0.3) is 0 Å². The molecule has 2 heterocycles. The summed E-state index contributed by atoms with van der Waals surface area (Å²) in [7, 11) is 0. The fourth-order valence-electron chi connectivity index (χ4n) is 1.56. The van der Waals surface area contributed by atoms with Gasteiger partial charge in [-0.25, -0.2) is 4.98 Å². The molecule has 0 atom stereocenters. The van der Waals surface area contributed by atoms with E-state index in [-0.39, 0.29) is 0 Å². The van der Waals surface area contributed by atoms with Crippen LogP contribution in [-0.4, -0.2) is 16.5 Å². The molecule has 2 aromatic rings. The smallest absolute Gasteiger partial charge is 0.224 e. The number of aromatic nitrogens is 2. The van der Waals surface area contributed by atoms with Gasteiger partial charge in [0.1, 0.15) is 5.82 Å². The van der Waals surface area contributed by atoms with E-state index < -0.39 is 0 Å². The zero-order chi connectivity index (χ0) is 13.7. The Labute approximate surface area is 125 Å². The molecule has 0 aliphatic heterocycles. The minimum Gasteiger partial charge on any atom is -0.365 e. The number of hydrogen-bond donors (Lipinski definition) is 2. The molecule has 0 saturated heterocycles. The molecule has 0 fully saturated rings. The lowest BCUT2D eigenvalue weighted by atomic mass is 10.3. The summed E-state index contributed by atoms with van der Waals surface area (Å²) in [5, 5.41) is 8.64. The number of aryl methyl sites for hydroxylation is 1. The monoisotopic (exact) mass is 340 g/mol. The van der Waals surface area contributed by atoms with E-state index >= 15 is 0 Å². The first-order chi connectivity index (χ1) is 9.19. The Morgan fingerprint density at radius 3 is 2.89 bits per heavy atom. The van der Waals surface area contributed by atoms with E-state index in [1.165, 1.54) is 4.88 Å². The maximum Gasteiger partial charge on any atom is 0.224 e. The molecule has 0 spiro atoms. The van der Waals surface area contributed by atoms with Crippen molar-refractivity contribution in [2.75, 3.05) is 17.2 Å². The largest absolute Gasteiger partial charge is 0.365 e. The molecule has 0 aromatic carbocycles. The zero-order valence-electron chi connectivity index (χ0n) is 11.0. The molecule has 0 bridgehead atoms. The fraction of sp³-hybridized carbons (Fsp3) is 0.385. The van der Waals surface area contributed by atoms with Gasteiger partial charge in [-0.05, 0) is 35.3 Å². The topological polar surface area (TPSA) is 49.8 Å². The van der Waals surface area contributed by atoms with Crippen LogP contribution in [0.5, 0.6) is 0 Å². The molecule has 0 unspecified atom stereocenters. The molecule has 6 heteroatoms. The van der Waals surface area contributed by atoms with Crippen molar-refractivity contribution in [3.05, 3.63) is 32.6 Å². The average molecular weight is 341 g/mol. The van der Waals surface area contributed by atoms with Gasteiger partial charge >= 0.3 is 0 Å². The minimum absolute atomic E-state index is 0.683. The number of halogens is 1. The van der Waals surface area contributed by atoms with Crippen molar-refractivity contribution >= 4 is 39.0 Å². The third-order valence-corrected chi connectivity index (χ3v) is 4.25. The Hall–Kier alpha value is -1.14. The summed E-state index contributed by atoms with van der Waals surface area (Å²) in [6, 6.07) is 2.12. The van der Waals surface area contributed by atoms with Gasteiger partial charge in [0.15, 0.2) is 0 Å². The van der Waals surface area contributed by atoms with Crippen molar-refractivity contribution in [1.29, 1.82) is 0 Å². The second-order valence-corrected chi connectivity index (χ2v) is 6.15. The van der Waals surface area contributed by atoms with Crippen molar-refractivity contribution in [3.8, 4) is 0 Å². The van der Waals surface area contributed by atoms with Gasteiger partial charge in [0.25, 0.3) is 0 Å². The molecule has 0 amide bonds. The molecule has 0 aliphatic rings. The summed E-state index contributed by atoms with van der Waals surface area (Å²) < 4.78 is 1.12. The first kappa shape index (κ1) is 14.3. The summed E-state index contributed by atoms with van der Waals surface area (Å²) >= 11 is 5.18. The average Bonchev–Trinajstić information content (AvgIpc) is 2.82. The van der Waals surface area contributed by atoms with Crippen LogP contribution in [0.2, 0.25) is 0 Å². The summed E-state index contributed by atoms with van der Waals surface area (Å²) in [5.41, 5.74) is 1.05. The van der Waals surface area contributed by atoms with E-state index in [2.05, 4.69) is 54.9 Å². The van der Waals surface area contributed by atoms with Crippen LogP contribution >= 0.6 is 27.3 Å². The molecule has 4 nitrogen and oxygen atoms in total. The lowest BCUT2D eigenvalue weighted by Crippen LogP contribution is -2.08. The van der Waals surface area contributed by atoms with Crippen molar-refractivity contribution in [1.82, 2.24) is 9.97 Å². The predicted octanol–water partition coefficient (Wildman–Crippen LogP) is 4.04. The van der Waals surface area contributed by atoms with Crippen LogP contribution in [0, 0.1) is 6.92 Å². The summed E-state index contributed by atoms with van der Waals surface area (Å²) in [6.45, 7) is 5.80. The van der Waals surface area contributed by atoms with Gasteiger partial charge in [0.2, 0.25) is 5.95 Å². The van der Waals surface area contributed by atoms with E-state index in [9.17, 15) is 0 Å². The number of anilines is 2. The highest BCUT2D eigenvalue weighted by Crippen LogP contribution is 2.21. The van der Waals surface area contributed by atoms with Gasteiger partial charge in [-0.1, -0.05) is 6.92 Å². The SMILES string of the molecule is CCCNc1ncc(C)c(NCc2cc(Br)cs2)n1. The van der Waals surface area contributed by atoms with Crippen molar-refractivity contribution in [2.45, 2.75) is 26.8 Å². The maximum absolute atomic E-state index is 4.49. The summed E-state index contributed by atoms with van der Waals surface area (Å²) in [5.74, 6) is 1.57. The van der Waals surface area contributed by atoms with E-state index in [0.29, 0.717) is 5.95 Å². The summed E-state index contributed by atoms with van der Waals surface area (Å²) in [6.07, 6.45) is 2.90. The van der Waals surface area contributed by atoms with Crippen LogP contribution < -0.4 is 10.6 Å². The standard InChI is InChI=1S/C13H17BrN4S/c1-3-4-15-13-17-6-9(2)12(18-13)16-7-11-5-10(14)8-19-11/h5-6,8H,3-4,7H2,1-2H3,(H2,15,16,17,18). The maximum atomic E-state index is 4.49. The Kier molecular flexibility index (Phi) is 5.15. The number of nitrogens with one attached hydrogen (secondary N) is 2. The number of rotatable bonds is 6. The highest BCUT2D eigenvalue weighted by Gasteiger charge is 2.04. The van der Waals surface area contributed by atoms with Crippen molar-refractivity contribution in [3.63, 3.8) is 0 Å². The van der Waals surface area contributed by atoms with Crippen molar-refractivity contribution in [2.24, 2.45) is 0 Å². The summed E-state index contributed by atoms with van der Waals surface area (Å²) in [4.78, 5) is 10.0. The normalized spacial score (nSPS) is 10.5. The number of hydrogen-bond acceptors (Lipinski definition) is 5. The van der Waals surface area contributed by atoms with E-state index in [1.807, 2.05) is 13.1 Å². The molecular weight excluding hydrogens is 324 g/mol. The molecule has 19 heavy (non-hydrogen) atoms. The van der Waals surface area contributed by atoms with Crippen LogP contribution in [0.1, 0.15) is 23.8 Å². The molecule has 2 N–H and O–H groups in total. The lowest BCUT2D eigenvalue weighted by Gasteiger charge is -2.09. The van der Waals surface area contributed by atoms with Crippen LogP contribution in [0.3, 0.4) is 0 Å². The van der Waals surface area contributed by atoms with E-state index in [4.69, 9.17) is 0 Å². The zero-order valence-corrected chi connectivity index (χ0v) is 13.4. The molecular formula is C13H17BrN4S. The third kappa shape index (κ3) is 4.18. The van der Waals surface area contributed by atoms with E-state index in [1.54, 1.807) is 11.3 Å². The van der Waals surface area contributed by atoms with Gasteiger partial charge in [-0.2, -0.15) is 4.98 Å². The van der Waals surface area contributed by atoms with Gasteiger partial charge < -0.3 is 10.6 Å².